The molecule has 7 heteroatoms. The Bertz CT molecular complexity index is 876. The molecule has 0 bridgehead atoms. The molecule has 0 aliphatic heterocycles. The average molecular weight is 337 g/mol. The van der Waals surface area contributed by atoms with Crippen molar-refractivity contribution in [3.63, 3.8) is 0 Å². The second-order valence-corrected chi connectivity index (χ2v) is 5.81. The molecule has 128 valence electrons. The molecule has 0 spiro atoms. The van der Waals surface area contributed by atoms with Crippen molar-refractivity contribution < 1.29 is 9.32 Å². The summed E-state index contributed by atoms with van der Waals surface area (Å²) in [5, 5.41) is 6.80. The number of benzene rings is 1. The van der Waals surface area contributed by atoms with Gasteiger partial charge < -0.3 is 14.7 Å². The van der Waals surface area contributed by atoms with Crippen LogP contribution < -0.4 is 5.32 Å². The van der Waals surface area contributed by atoms with Gasteiger partial charge in [-0.1, -0.05) is 35.5 Å². The van der Waals surface area contributed by atoms with E-state index in [1.165, 1.54) is 0 Å². The number of hydrogen-bond acceptors (Lipinski definition) is 6. The first-order valence-corrected chi connectivity index (χ1v) is 7.86. The van der Waals surface area contributed by atoms with Gasteiger partial charge in [-0.3, -0.25) is 4.79 Å². The van der Waals surface area contributed by atoms with Gasteiger partial charge in [0.05, 0.1) is 0 Å². The van der Waals surface area contributed by atoms with Crippen molar-refractivity contribution in [3.05, 3.63) is 65.2 Å². The molecular weight excluding hydrogens is 318 g/mol. The SMILES string of the molecule is Cc1cc(C(=O)N(C)Cc2ccccc2)nc(Nc2cc(C)on2)n1. The topological polar surface area (TPSA) is 84.2 Å². The van der Waals surface area contributed by atoms with Crippen molar-refractivity contribution in [1.82, 2.24) is 20.0 Å². The Kier molecular flexibility index (Phi) is 4.74. The van der Waals surface area contributed by atoms with E-state index in [0.717, 1.165) is 5.56 Å². The third-order valence-corrected chi connectivity index (χ3v) is 3.55. The largest absolute Gasteiger partial charge is 0.360 e. The summed E-state index contributed by atoms with van der Waals surface area (Å²) >= 11 is 0. The van der Waals surface area contributed by atoms with Crippen LogP contribution in [0.2, 0.25) is 0 Å². The Balaban J connectivity index is 1.77. The molecule has 1 aromatic carbocycles. The number of nitrogens with one attached hydrogen (secondary N) is 1. The first-order chi connectivity index (χ1) is 12.0. The van der Waals surface area contributed by atoms with Gasteiger partial charge in [0.1, 0.15) is 11.5 Å². The minimum atomic E-state index is -0.172. The molecule has 0 radical (unpaired) electrons. The minimum Gasteiger partial charge on any atom is -0.360 e. The highest BCUT2D eigenvalue weighted by Gasteiger charge is 2.16. The smallest absolute Gasteiger partial charge is 0.272 e. The third-order valence-electron chi connectivity index (χ3n) is 3.55. The minimum absolute atomic E-state index is 0.172. The molecule has 0 fully saturated rings. The van der Waals surface area contributed by atoms with Gasteiger partial charge in [-0.25, -0.2) is 9.97 Å². The van der Waals surface area contributed by atoms with E-state index in [-0.39, 0.29) is 5.91 Å². The maximum atomic E-state index is 12.7. The second-order valence-electron chi connectivity index (χ2n) is 5.81. The van der Waals surface area contributed by atoms with Crippen molar-refractivity contribution in [3.8, 4) is 0 Å². The predicted octanol–water partition coefficient (Wildman–Crippen LogP) is 3.10. The summed E-state index contributed by atoms with van der Waals surface area (Å²) < 4.78 is 5.01. The molecule has 0 unspecified atom stereocenters. The van der Waals surface area contributed by atoms with Crippen LogP contribution >= 0.6 is 0 Å². The molecule has 2 aromatic heterocycles. The van der Waals surface area contributed by atoms with Gasteiger partial charge in [0.2, 0.25) is 5.95 Å². The summed E-state index contributed by atoms with van der Waals surface area (Å²) in [6.07, 6.45) is 0. The lowest BCUT2D eigenvalue weighted by atomic mass is 10.2. The molecule has 0 atom stereocenters. The van der Waals surface area contributed by atoms with Gasteiger partial charge in [0, 0.05) is 25.4 Å². The van der Waals surface area contributed by atoms with Crippen LogP contribution in [-0.4, -0.2) is 33.0 Å². The molecular formula is C18H19N5O2. The number of hydrogen-bond donors (Lipinski definition) is 1. The number of nitrogens with zero attached hydrogens (tertiary/aromatic N) is 4. The van der Waals surface area contributed by atoms with Gasteiger partial charge in [-0.15, -0.1) is 0 Å². The van der Waals surface area contributed by atoms with Crippen LogP contribution in [0.25, 0.3) is 0 Å². The van der Waals surface area contributed by atoms with E-state index >= 15 is 0 Å². The summed E-state index contributed by atoms with van der Waals surface area (Å²) in [6, 6.07) is 13.2. The zero-order valence-electron chi connectivity index (χ0n) is 14.4. The van der Waals surface area contributed by atoms with Crippen molar-refractivity contribution >= 4 is 17.7 Å². The number of carbonyl (C=O) groups excluding carboxylic acids is 1. The number of rotatable bonds is 5. The van der Waals surface area contributed by atoms with E-state index in [0.29, 0.717) is 35.5 Å². The summed E-state index contributed by atoms with van der Waals surface area (Å²) in [5.41, 5.74) is 2.07. The number of anilines is 2. The first kappa shape index (κ1) is 16.6. The highest BCUT2D eigenvalue weighted by molar-refractivity contribution is 5.92. The molecule has 0 aliphatic rings. The number of amides is 1. The van der Waals surface area contributed by atoms with E-state index in [1.807, 2.05) is 37.3 Å². The molecule has 3 rings (SSSR count). The number of aryl methyl sites for hydroxylation is 2. The zero-order chi connectivity index (χ0) is 17.8. The van der Waals surface area contributed by atoms with Crippen LogP contribution in [-0.2, 0) is 6.54 Å². The van der Waals surface area contributed by atoms with E-state index in [2.05, 4.69) is 20.4 Å². The summed E-state index contributed by atoms with van der Waals surface area (Å²) in [7, 11) is 1.75. The Morgan fingerprint density at radius 3 is 2.60 bits per heavy atom. The van der Waals surface area contributed by atoms with E-state index < -0.39 is 0 Å². The third kappa shape index (κ3) is 4.20. The molecule has 0 saturated heterocycles. The molecule has 0 aliphatic carbocycles. The van der Waals surface area contributed by atoms with Crippen LogP contribution in [0.15, 0.2) is 47.0 Å². The Morgan fingerprint density at radius 2 is 1.92 bits per heavy atom. The lowest BCUT2D eigenvalue weighted by molar-refractivity contribution is 0.0779. The van der Waals surface area contributed by atoms with Crippen LogP contribution in [0.3, 0.4) is 0 Å². The summed E-state index contributed by atoms with van der Waals surface area (Å²) in [5.74, 6) is 1.31. The average Bonchev–Trinajstić information content (AvgIpc) is 2.99. The van der Waals surface area contributed by atoms with Gasteiger partial charge in [-0.05, 0) is 25.5 Å². The van der Waals surface area contributed by atoms with Crippen molar-refractivity contribution in [2.45, 2.75) is 20.4 Å². The fourth-order valence-electron chi connectivity index (χ4n) is 2.40. The monoisotopic (exact) mass is 337 g/mol. The fourth-order valence-corrected chi connectivity index (χ4v) is 2.40. The quantitative estimate of drug-likeness (QED) is 0.770. The normalized spacial score (nSPS) is 10.5. The Hall–Kier alpha value is -3.22. The molecule has 1 N–H and O–H groups in total. The maximum Gasteiger partial charge on any atom is 0.272 e. The number of carbonyl (C=O) groups is 1. The van der Waals surface area contributed by atoms with Gasteiger partial charge in [0.25, 0.3) is 5.91 Å². The fraction of sp³-hybridized carbons (Fsp3) is 0.222. The van der Waals surface area contributed by atoms with Crippen LogP contribution in [0.5, 0.6) is 0 Å². The van der Waals surface area contributed by atoms with Crippen LogP contribution in [0, 0.1) is 13.8 Å². The highest BCUT2D eigenvalue weighted by Crippen LogP contribution is 2.15. The van der Waals surface area contributed by atoms with Crippen LogP contribution in [0.1, 0.15) is 27.5 Å². The van der Waals surface area contributed by atoms with Crippen LogP contribution in [0.4, 0.5) is 11.8 Å². The van der Waals surface area contributed by atoms with E-state index in [1.54, 1.807) is 31.0 Å². The lowest BCUT2D eigenvalue weighted by Gasteiger charge is -2.17. The molecule has 25 heavy (non-hydrogen) atoms. The van der Waals surface area contributed by atoms with Gasteiger partial charge in [0.15, 0.2) is 5.82 Å². The number of aromatic nitrogens is 3. The van der Waals surface area contributed by atoms with Crippen molar-refractivity contribution in [2.75, 3.05) is 12.4 Å². The maximum absolute atomic E-state index is 12.7. The van der Waals surface area contributed by atoms with Gasteiger partial charge in [-0.2, -0.15) is 0 Å². The standard InChI is InChI=1S/C18H19N5O2/c1-12-9-15(17(24)23(3)11-14-7-5-4-6-8-14)20-18(19-12)21-16-10-13(2)25-22-16/h4-10H,11H2,1-3H3,(H,19,20,21,22). The zero-order valence-corrected chi connectivity index (χ0v) is 14.4. The molecule has 7 nitrogen and oxygen atoms in total. The summed E-state index contributed by atoms with van der Waals surface area (Å²) in [4.78, 5) is 22.9. The highest BCUT2D eigenvalue weighted by atomic mass is 16.5. The Labute approximate surface area is 145 Å². The molecule has 2 heterocycles. The van der Waals surface area contributed by atoms with Gasteiger partial charge >= 0.3 is 0 Å². The predicted molar refractivity (Wildman–Crippen MR) is 93.5 cm³/mol. The molecule has 3 aromatic rings. The lowest BCUT2D eigenvalue weighted by Crippen LogP contribution is -2.27. The first-order valence-electron chi connectivity index (χ1n) is 7.86. The molecule has 1 amide bonds. The van der Waals surface area contributed by atoms with Crippen molar-refractivity contribution in [2.24, 2.45) is 0 Å². The van der Waals surface area contributed by atoms with E-state index in [9.17, 15) is 4.79 Å². The second kappa shape index (κ2) is 7.12. The summed E-state index contributed by atoms with van der Waals surface area (Å²) in [6.45, 7) is 4.12. The Morgan fingerprint density at radius 1 is 1.16 bits per heavy atom. The molecule has 0 saturated carbocycles. The van der Waals surface area contributed by atoms with Crippen molar-refractivity contribution in [1.29, 1.82) is 0 Å². The van der Waals surface area contributed by atoms with E-state index in [4.69, 9.17) is 4.52 Å².